The highest BCUT2D eigenvalue weighted by molar-refractivity contribution is 5.91. The zero-order chi connectivity index (χ0) is 19.1. The number of ether oxygens (including phenoxy) is 1. The van der Waals surface area contributed by atoms with Gasteiger partial charge in [0.05, 0.1) is 17.2 Å². The van der Waals surface area contributed by atoms with Crippen molar-refractivity contribution in [3.8, 4) is 11.8 Å². The molecule has 1 aliphatic rings. The molecule has 2 aromatic rings. The average Bonchev–Trinajstić information content (AvgIpc) is 2.73. The molecule has 1 fully saturated rings. The Hall–Kier alpha value is -2.60. The van der Waals surface area contributed by atoms with Crippen molar-refractivity contribution in [2.75, 3.05) is 0 Å². The Morgan fingerprint density at radius 3 is 2.30 bits per heavy atom. The molecule has 3 nitrogen and oxygen atoms in total. The highest BCUT2D eigenvalue weighted by Gasteiger charge is 2.33. The van der Waals surface area contributed by atoms with Crippen LogP contribution in [0.2, 0.25) is 0 Å². The van der Waals surface area contributed by atoms with E-state index in [0.29, 0.717) is 22.3 Å². The van der Waals surface area contributed by atoms with E-state index in [1.54, 1.807) is 24.3 Å². The lowest BCUT2D eigenvalue weighted by Gasteiger charge is -2.38. The van der Waals surface area contributed by atoms with Crippen molar-refractivity contribution in [1.29, 1.82) is 5.26 Å². The van der Waals surface area contributed by atoms with Crippen molar-refractivity contribution in [2.45, 2.75) is 63.7 Å². The summed E-state index contributed by atoms with van der Waals surface area (Å²) in [6.07, 6.45) is 10.2. The number of hydrogen-bond donors (Lipinski definition) is 0. The fourth-order valence-corrected chi connectivity index (χ4v) is 4.15. The van der Waals surface area contributed by atoms with Crippen molar-refractivity contribution in [2.24, 2.45) is 0 Å². The van der Waals surface area contributed by atoms with Gasteiger partial charge in [0, 0.05) is 0 Å². The Kier molecular flexibility index (Phi) is 6.29. The van der Waals surface area contributed by atoms with Crippen molar-refractivity contribution in [3.05, 3.63) is 65.2 Å². The summed E-state index contributed by atoms with van der Waals surface area (Å²) < 4.78 is 5.51. The normalized spacial score (nSPS) is 15.7. The second-order valence-corrected chi connectivity index (χ2v) is 7.55. The van der Waals surface area contributed by atoms with Crippen LogP contribution < -0.4 is 4.74 Å². The Morgan fingerprint density at radius 2 is 1.70 bits per heavy atom. The van der Waals surface area contributed by atoms with E-state index in [0.717, 1.165) is 0 Å². The molecule has 27 heavy (non-hydrogen) atoms. The molecule has 0 heterocycles. The van der Waals surface area contributed by atoms with Gasteiger partial charge in [-0.1, -0.05) is 51.2 Å². The van der Waals surface area contributed by atoms with Gasteiger partial charge in [0.25, 0.3) is 0 Å². The van der Waals surface area contributed by atoms with E-state index in [4.69, 9.17) is 10.00 Å². The molecule has 0 atom stereocenters. The average molecular weight is 361 g/mol. The van der Waals surface area contributed by atoms with E-state index < -0.39 is 5.97 Å². The first-order chi connectivity index (χ1) is 13.2. The van der Waals surface area contributed by atoms with E-state index >= 15 is 0 Å². The molecule has 1 saturated carbocycles. The minimum Gasteiger partial charge on any atom is -0.423 e. The molecular formula is C24H27NO2. The Morgan fingerprint density at radius 1 is 1.04 bits per heavy atom. The van der Waals surface area contributed by atoms with Crippen LogP contribution in [0.5, 0.6) is 5.75 Å². The molecule has 140 valence electrons. The topological polar surface area (TPSA) is 50.1 Å². The van der Waals surface area contributed by atoms with Gasteiger partial charge in [0.1, 0.15) is 5.75 Å². The fraction of sp³-hybridized carbons (Fsp3) is 0.417. The highest BCUT2D eigenvalue weighted by Crippen LogP contribution is 2.43. The standard InChI is InChI=1S/C24H27NO2/c1-2-3-15-24(16-5-4-6-17-24)21-11-13-22(14-12-21)27-23(26)20-9-7-19(18-25)8-10-20/h7-14H,2-6,15-17H2,1H3. The van der Waals surface area contributed by atoms with Crippen LogP contribution in [0.3, 0.4) is 0 Å². The van der Waals surface area contributed by atoms with Crippen LogP contribution in [0.1, 0.15) is 79.8 Å². The second-order valence-electron chi connectivity index (χ2n) is 7.55. The third kappa shape index (κ3) is 4.57. The molecule has 0 aliphatic heterocycles. The van der Waals surface area contributed by atoms with Crippen LogP contribution in [-0.2, 0) is 5.41 Å². The molecule has 0 saturated heterocycles. The van der Waals surface area contributed by atoms with E-state index in [1.807, 2.05) is 18.2 Å². The van der Waals surface area contributed by atoms with Gasteiger partial charge in [-0.25, -0.2) is 4.79 Å². The molecule has 3 heteroatoms. The largest absolute Gasteiger partial charge is 0.423 e. The van der Waals surface area contributed by atoms with Gasteiger partial charge in [-0.05, 0) is 66.6 Å². The maximum atomic E-state index is 12.3. The van der Waals surface area contributed by atoms with Gasteiger partial charge in [-0.3, -0.25) is 0 Å². The summed E-state index contributed by atoms with van der Waals surface area (Å²) in [5.41, 5.74) is 2.66. The van der Waals surface area contributed by atoms with Crippen molar-refractivity contribution < 1.29 is 9.53 Å². The number of hydrogen-bond acceptors (Lipinski definition) is 3. The molecule has 0 aromatic heterocycles. The van der Waals surface area contributed by atoms with E-state index in [1.165, 1.54) is 56.9 Å². The van der Waals surface area contributed by atoms with Gasteiger partial charge in [-0.15, -0.1) is 0 Å². The predicted molar refractivity (Wildman–Crippen MR) is 107 cm³/mol. The summed E-state index contributed by atoms with van der Waals surface area (Å²) in [5.74, 6) is 0.167. The van der Waals surface area contributed by atoms with Crippen molar-refractivity contribution in [1.82, 2.24) is 0 Å². The van der Waals surface area contributed by atoms with Gasteiger partial charge >= 0.3 is 5.97 Å². The van der Waals surface area contributed by atoms with Crippen LogP contribution in [0, 0.1) is 11.3 Å². The second kappa shape index (κ2) is 8.86. The quantitative estimate of drug-likeness (QED) is 0.456. The number of carbonyl (C=O) groups is 1. The zero-order valence-electron chi connectivity index (χ0n) is 16.0. The third-order valence-electron chi connectivity index (χ3n) is 5.75. The first-order valence-corrected chi connectivity index (χ1v) is 10.00. The maximum absolute atomic E-state index is 12.3. The molecule has 0 spiro atoms. The Labute approximate surface area is 162 Å². The van der Waals surface area contributed by atoms with Crippen molar-refractivity contribution >= 4 is 5.97 Å². The molecular weight excluding hydrogens is 334 g/mol. The first-order valence-electron chi connectivity index (χ1n) is 10.00. The summed E-state index contributed by atoms with van der Waals surface area (Å²) in [7, 11) is 0. The number of carbonyl (C=O) groups excluding carboxylic acids is 1. The monoisotopic (exact) mass is 361 g/mol. The number of rotatable bonds is 6. The van der Waals surface area contributed by atoms with Gasteiger partial charge in [0.2, 0.25) is 0 Å². The van der Waals surface area contributed by atoms with E-state index in [9.17, 15) is 4.79 Å². The van der Waals surface area contributed by atoms with Crippen molar-refractivity contribution in [3.63, 3.8) is 0 Å². The van der Waals surface area contributed by atoms with E-state index in [-0.39, 0.29) is 0 Å². The van der Waals surface area contributed by atoms with Crippen LogP contribution in [0.25, 0.3) is 0 Å². The highest BCUT2D eigenvalue weighted by atomic mass is 16.5. The molecule has 3 rings (SSSR count). The van der Waals surface area contributed by atoms with Gasteiger partial charge in [0.15, 0.2) is 0 Å². The summed E-state index contributed by atoms with van der Waals surface area (Å²) in [5, 5.41) is 8.84. The lowest BCUT2D eigenvalue weighted by atomic mass is 9.67. The summed E-state index contributed by atoms with van der Waals surface area (Å²) in [4.78, 5) is 12.3. The van der Waals surface area contributed by atoms with Gasteiger partial charge in [-0.2, -0.15) is 5.26 Å². The van der Waals surface area contributed by atoms with E-state index in [2.05, 4.69) is 19.1 Å². The predicted octanol–water partition coefficient (Wildman–Crippen LogP) is 6.17. The first kappa shape index (κ1) is 19.2. The zero-order valence-corrected chi connectivity index (χ0v) is 16.0. The third-order valence-corrected chi connectivity index (χ3v) is 5.75. The molecule has 0 amide bonds. The minimum absolute atomic E-state index is 0.296. The molecule has 0 bridgehead atoms. The maximum Gasteiger partial charge on any atom is 0.343 e. The lowest BCUT2D eigenvalue weighted by Crippen LogP contribution is -2.29. The molecule has 0 unspecified atom stereocenters. The smallest absolute Gasteiger partial charge is 0.343 e. The fourth-order valence-electron chi connectivity index (χ4n) is 4.15. The SMILES string of the molecule is CCCCC1(c2ccc(OC(=O)c3ccc(C#N)cc3)cc2)CCCCC1. The number of nitriles is 1. The molecule has 0 N–H and O–H groups in total. The van der Waals surface area contributed by atoms with Crippen LogP contribution in [0.4, 0.5) is 0 Å². The number of unbranched alkanes of at least 4 members (excludes halogenated alkanes) is 1. The Balaban J connectivity index is 1.71. The van der Waals surface area contributed by atoms with Crippen LogP contribution in [0.15, 0.2) is 48.5 Å². The molecule has 1 aliphatic carbocycles. The summed E-state index contributed by atoms with van der Waals surface area (Å²) >= 11 is 0. The minimum atomic E-state index is -0.398. The molecule has 0 radical (unpaired) electrons. The summed E-state index contributed by atoms with van der Waals surface area (Å²) in [6, 6.07) is 16.7. The lowest BCUT2D eigenvalue weighted by molar-refractivity contribution is 0.0734. The number of esters is 1. The molecule has 2 aromatic carbocycles. The summed E-state index contributed by atoms with van der Waals surface area (Å²) in [6.45, 7) is 2.25. The van der Waals surface area contributed by atoms with Crippen LogP contribution >= 0.6 is 0 Å². The van der Waals surface area contributed by atoms with Crippen LogP contribution in [-0.4, -0.2) is 5.97 Å². The Bertz CT molecular complexity index is 794. The van der Waals surface area contributed by atoms with Gasteiger partial charge < -0.3 is 4.74 Å². The number of benzene rings is 2. The number of nitrogens with zero attached hydrogens (tertiary/aromatic N) is 1.